The molecular weight excluding hydrogens is 332 g/mol. The minimum atomic E-state index is -0.255. The van der Waals surface area contributed by atoms with Crippen LogP contribution in [0.4, 0.5) is 0 Å². The lowest BCUT2D eigenvalue weighted by atomic mass is 10.1. The van der Waals surface area contributed by atoms with Crippen molar-refractivity contribution in [2.75, 3.05) is 13.2 Å². The van der Waals surface area contributed by atoms with Crippen LogP contribution in [0.25, 0.3) is 17.5 Å². The largest absolute Gasteiger partial charge is 0.374 e. The van der Waals surface area contributed by atoms with Gasteiger partial charge in [0.05, 0.1) is 35.0 Å². The highest BCUT2D eigenvalue weighted by atomic mass is 35.5. The maximum atomic E-state index is 12.6. The van der Waals surface area contributed by atoms with Crippen LogP contribution in [0, 0.1) is 0 Å². The number of amides is 1. The number of fused-ring (bicyclic) bond motifs is 3. The van der Waals surface area contributed by atoms with Crippen molar-refractivity contribution in [2.24, 2.45) is 0 Å². The van der Waals surface area contributed by atoms with Gasteiger partial charge in [0.2, 0.25) is 5.82 Å². The SMILES string of the molecule is O=C(c1nc(-c2cnc3c(c2Cl)C=CC3)no1)N1C[C@H]2C[C@@H]1CO2. The van der Waals surface area contributed by atoms with Gasteiger partial charge in [-0.2, -0.15) is 4.98 Å². The van der Waals surface area contributed by atoms with Crippen LogP contribution in [0.5, 0.6) is 0 Å². The maximum absolute atomic E-state index is 12.6. The van der Waals surface area contributed by atoms with Crippen LogP contribution in [-0.4, -0.2) is 51.2 Å². The Morgan fingerprint density at radius 1 is 1.42 bits per heavy atom. The van der Waals surface area contributed by atoms with Gasteiger partial charge in [-0.25, -0.2) is 0 Å². The lowest BCUT2D eigenvalue weighted by molar-refractivity contribution is 0.0231. The molecule has 0 spiro atoms. The fourth-order valence-corrected chi connectivity index (χ4v) is 3.81. The number of ether oxygens (including phenoxy) is 1. The average Bonchev–Trinajstić information content (AvgIpc) is 3.36. The van der Waals surface area contributed by atoms with Gasteiger partial charge in [-0.15, -0.1) is 0 Å². The van der Waals surface area contributed by atoms with E-state index in [0.29, 0.717) is 23.7 Å². The molecule has 0 radical (unpaired) electrons. The number of aromatic nitrogens is 3. The molecule has 3 aliphatic rings. The molecule has 1 aliphatic carbocycles. The molecule has 0 aromatic carbocycles. The molecule has 2 atom stereocenters. The number of rotatable bonds is 2. The molecular formula is C16H13ClN4O3. The number of allylic oxidation sites excluding steroid dienone is 1. The smallest absolute Gasteiger partial charge is 0.316 e. The highest BCUT2D eigenvalue weighted by molar-refractivity contribution is 6.34. The molecule has 7 nitrogen and oxygen atoms in total. The van der Waals surface area contributed by atoms with Crippen LogP contribution >= 0.6 is 11.6 Å². The second kappa shape index (κ2) is 5.12. The lowest BCUT2D eigenvalue weighted by Gasteiger charge is -2.25. The van der Waals surface area contributed by atoms with Crippen molar-refractivity contribution in [2.45, 2.75) is 25.0 Å². The fourth-order valence-electron chi connectivity index (χ4n) is 3.51. The van der Waals surface area contributed by atoms with Gasteiger partial charge in [-0.1, -0.05) is 28.9 Å². The third-order valence-electron chi connectivity index (χ3n) is 4.74. The van der Waals surface area contributed by atoms with Gasteiger partial charge < -0.3 is 14.2 Å². The zero-order chi connectivity index (χ0) is 16.3. The molecule has 2 saturated heterocycles. The second-order valence-corrected chi connectivity index (χ2v) is 6.56. The lowest BCUT2D eigenvalue weighted by Crippen LogP contribution is -2.41. The summed E-state index contributed by atoms with van der Waals surface area (Å²) >= 11 is 6.43. The molecule has 8 heteroatoms. The quantitative estimate of drug-likeness (QED) is 0.828. The fraction of sp³-hybridized carbons (Fsp3) is 0.375. The normalized spacial score (nSPS) is 24.0. The van der Waals surface area contributed by atoms with Gasteiger partial charge >= 0.3 is 11.8 Å². The van der Waals surface area contributed by atoms with Crippen molar-refractivity contribution >= 4 is 23.6 Å². The van der Waals surface area contributed by atoms with E-state index in [1.807, 2.05) is 12.2 Å². The minimum absolute atomic E-state index is 0.0235. The third-order valence-corrected chi connectivity index (χ3v) is 5.15. The topological polar surface area (TPSA) is 81.3 Å². The molecule has 0 unspecified atom stereocenters. The molecule has 2 bridgehead atoms. The summed E-state index contributed by atoms with van der Waals surface area (Å²) in [6, 6.07) is 0.105. The minimum Gasteiger partial charge on any atom is -0.374 e. The molecule has 122 valence electrons. The number of hydrogen-bond acceptors (Lipinski definition) is 6. The number of carbonyl (C=O) groups excluding carboxylic acids is 1. The first kappa shape index (κ1) is 14.1. The first-order valence-electron chi connectivity index (χ1n) is 7.81. The predicted octanol–water partition coefficient (Wildman–Crippen LogP) is 1.97. The van der Waals surface area contributed by atoms with Gasteiger partial charge in [0.15, 0.2) is 0 Å². The third kappa shape index (κ3) is 2.01. The summed E-state index contributed by atoms with van der Waals surface area (Å²) in [4.78, 5) is 22.9. The van der Waals surface area contributed by atoms with E-state index in [0.717, 1.165) is 24.1 Å². The second-order valence-electron chi connectivity index (χ2n) is 6.18. The Labute approximate surface area is 142 Å². The first-order valence-corrected chi connectivity index (χ1v) is 8.19. The highest BCUT2D eigenvalue weighted by Crippen LogP contribution is 2.34. The Bertz CT molecular complexity index is 878. The van der Waals surface area contributed by atoms with E-state index in [2.05, 4.69) is 15.1 Å². The molecule has 1 amide bonds. The van der Waals surface area contributed by atoms with Crippen LogP contribution < -0.4 is 0 Å². The number of carbonyl (C=O) groups is 1. The van der Waals surface area contributed by atoms with Crippen molar-refractivity contribution in [3.05, 3.63) is 34.4 Å². The van der Waals surface area contributed by atoms with Gasteiger partial charge in [-0.3, -0.25) is 9.78 Å². The Morgan fingerprint density at radius 3 is 3.12 bits per heavy atom. The highest BCUT2D eigenvalue weighted by Gasteiger charge is 2.43. The van der Waals surface area contributed by atoms with Gasteiger partial charge in [0, 0.05) is 24.7 Å². The van der Waals surface area contributed by atoms with Crippen molar-refractivity contribution in [1.82, 2.24) is 20.0 Å². The number of pyridine rings is 1. The zero-order valence-electron chi connectivity index (χ0n) is 12.6. The van der Waals surface area contributed by atoms with Crippen molar-refractivity contribution in [3.63, 3.8) is 0 Å². The number of morpholine rings is 1. The van der Waals surface area contributed by atoms with Crippen LogP contribution in [0.15, 0.2) is 16.8 Å². The maximum Gasteiger partial charge on any atom is 0.316 e. The Balaban J connectivity index is 1.46. The first-order chi connectivity index (χ1) is 11.7. The molecule has 2 aromatic rings. The van der Waals surface area contributed by atoms with E-state index >= 15 is 0 Å². The summed E-state index contributed by atoms with van der Waals surface area (Å²) in [7, 11) is 0. The van der Waals surface area contributed by atoms with Crippen LogP contribution in [0.2, 0.25) is 5.02 Å². The summed E-state index contributed by atoms with van der Waals surface area (Å²) < 4.78 is 10.7. The molecule has 2 aliphatic heterocycles. The standard InChI is InChI=1S/C16H13ClN4O3/c17-13-10-2-1-3-12(10)18-5-11(13)14-19-15(24-20-14)16(22)21-6-9-4-8(21)7-23-9/h1-2,5,8-9H,3-4,6-7H2/t8-,9-/m1/s1. The molecule has 2 fully saturated rings. The number of hydrogen-bond donors (Lipinski definition) is 0. The number of halogens is 1. The summed E-state index contributed by atoms with van der Waals surface area (Å²) in [5.74, 6) is -0.00102. The Hall–Kier alpha value is -2.25. The van der Waals surface area contributed by atoms with Crippen molar-refractivity contribution in [3.8, 4) is 11.4 Å². The summed E-state index contributed by atoms with van der Waals surface area (Å²) in [5, 5.41) is 4.44. The molecule has 24 heavy (non-hydrogen) atoms. The van der Waals surface area contributed by atoms with Crippen LogP contribution in [0.3, 0.4) is 0 Å². The van der Waals surface area contributed by atoms with E-state index in [1.54, 1.807) is 11.1 Å². The van der Waals surface area contributed by atoms with E-state index in [1.165, 1.54) is 0 Å². The Kier molecular flexibility index (Phi) is 3.01. The van der Waals surface area contributed by atoms with Crippen LogP contribution in [0.1, 0.15) is 28.4 Å². The van der Waals surface area contributed by atoms with E-state index in [4.69, 9.17) is 20.9 Å². The Morgan fingerprint density at radius 2 is 2.33 bits per heavy atom. The average molecular weight is 345 g/mol. The summed E-state index contributed by atoms with van der Waals surface area (Å²) in [6.07, 6.45) is 7.33. The summed E-state index contributed by atoms with van der Waals surface area (Å²) in [5.41, 5.74) is 2.37. The summed E-state index contributed by atoms with van der Waals surface area (Å²) in [6.45, 7) is 1.15. The zero-order valence-corrected chi connectivity index (χ0v) is 13.4. The molecule has 4 heterocycles. The molecule has 2 aromatic heterocycles. The monoisotopic (exact) mass is 344 g/mol. The van der Waals surface area contributed by atoms with Crippen LogP contribution in [-0.2, 0) is 11.2 Å². The molecule has 0 N–H and O–H groups in total. The number of likely N-dealkylation sites (tertiary alicyclic amines) is 1. The van der Waals surface area contributed by atoms with E-state index < -0.39 is 0 Å². The number of nitrogens with zero attached hydrogens (tertiary/aromatic N) is 4. The predicted molar refractivity (Wildman–Crippen MR) is 84.5 cm³/mol. The van der Waals surface area contributed by atoms with E-state index in [-0.39, 0.29) is 29.8 Å². The van der Waals surface area contributed by atoms with Gasteiger partial charge in [-0.05, 0) is 6.42 Å². The van der Waals surface area contributed by atoms with Gasteiger partial charge in [0.1, 0.15) is 0 Å². The van der Waals surface area contributed by atoms with Gasteiger partial charge in [0.25, 0.3) is 0 Å². The molecule has 0 saturated carbocycles. The van der Waals surface area contributed by atoms with Crippen molar-refractivity contribution < 1.29 is 14.1 Å². The van der Waals surface area contributed by atoms with E-state index in [9.17, 15) is 4.79 Å². The van der Waals surface area contributed by atoms with Crippen molar-refractivity contribution in [1.29, 1.82) is 0 Å². The molecule has 5 rings (SSSR count).